The van der Waals surface area contributed by atoms with Crippen LogP contribution in [0.25, 0.3) is 0 Å². The molecule has 1 aromatic rings. The minimum Gasteiger partial charge on any atom is -0.481 e. The van der Waals surface area contributed by atoms with Gasteiger partial charge in [0.1, 0.15) is 11.6 Å². The van der Waals surface area contributed by atoms with E-state index in [2.05, 4.69) is 0 Å². The van der Waals surface area contributed by atoms with Gasteiger partial charge < -0.3 is 20.7 Å². The second-order valence-corrected chi connectivity index (χ2v) is 6.15. The van der Waals surface area contributed by atoms with Crippen molar-refractivity contribution in [3.05, 3.63) is 35.9 Å². The Morgan fingerprint density at radius 2 is 1.57 bits per heavy atom. The highest BCUT2D eigenvalue weighted by Crippen LogP contribution is 2.30. The second-order valence-electron chi connectivity index (χ2n) is 6.15. The number of ether oxygens (including phenoxy) is 1. The van der Waals surface area contributed by atoms with E-state index in [0.717, 1.165) is 0 Å². The Morgan fingerprint density at radius 3 is 1.96 bits per heavy atom. The maximum Gasteiger partial charge on any atom is 0.321 e. The SMILES string of the molecule is CC(C)(C)OC(=O)C(c1ccccc1)C(C(=O)O)C(N)C(=O)O. The number of hydrogen-bond donors (Lipinski definition) is 3. The lowest BCUT2D eigenvalue weighted by Gasteiger charge is -2.29. The van der Waals surface area contributed by atoms with Gasteiger partial charge in [-0.25, -0.2) is 0 Å². The van der Waals surface area contributed by atoms with Crippen molar-refractivity contribution in [1.82, 2.24) is 0 Å². The summed E-state index contributed by atoms with van der Waals surface area (Å²) in [4.78, 5) is 35.2. The number of carboxylic acids is 2. The second kappa shape index (κ2) is 7.23. The van der Waals surface area contributed by atoms with E-state index < -0.39 is 41.4 Å². The normalized spacial score (nSPS) is 15.3. The molecule has 0 amide bonds. The molecular formula is C16H21NO6. The Morgan fingerprint density at radius 1 is 1.04 bits per heavy atom. The predicted molar refractivity (Wildman–Crippen MR) is 81.8 cm³/mol. The molecule has 0 fully saturated rings. The summed E-state index contributed by atoms with van der Waals surface area (Å²) in [6.07, 6.45) is 0. The summed E-state index contributed by atoms with van der Waals surface area (Å²) in [5.74, 6) is -6.77. The molecule has 0 aliphatic rings. The zero-order chi connectivity index (χ0) is 17.8. The van der Waals surface area contributed by atoms with Gasteiger partial charge in [0.25, 0.3) is 0 Å². The van der Waals surface area contributed by atoms with Crippen LogP contribution in [0.1, 0.15) is 32.3 Å². The molecule has 0 aromatic heterocycles. The summed E-state index contributed by atoms with van der Waals surface area (Å²) < 4.78 is 5.26. The van der Waals surface area contributed by atoms with Crippen molar-refractivity contribution in [2.75, 3.05) is 0 Å². The highest BCUT2D eigenvalue weighted by molar-refractivity contribution is 5.90. The third kappa shape index (κ3) is 5.07. The molecule has 4 N–H and O–H groups in total. The number of carbonyl (C=O) groups is 3. The maximum absolute atomic E-state index is 12.5. The third-order valence-electron chi connectivity index (χ3n) is 3.14. The summed E-state index contributed by atoms with van der Waals surface area (Å²) >= 11 is 0. The van der Waals surface area contributed by atoms with Crippen LogP contribution in [0.15, 0.2) is 30.3 Å². The van der Waals surface area contributed by atoms with E-state index in [1.54, 1.807) is 51.1 Å². The Balaban J connectivity index is 3.34. The molecule has 23 heavy (non-hydrogen) atoms. The molecule has 1 rings (SSSR count). The third-order valence-corrected chi connectivity index (χ3v) is 3.14. The standard InChI is InChI=1S/C16H21NO6/c1-16(2,3)23-15(22)10(9-7-5-4-6-8-9)11(13(18)19)12(17)14(20)21/h4-8,10-12H,17H2,1-3H3,(H,18,19)(H,20,21). The highest BCUT2D eigenvalue weighted by atomic mass is 16.6. The largest absolute Gasteiger partial charge is 0.481 e. The van der Waals surface area contributed by atoms with Crippen LogP contribution in [0.4, 0.5) is 0 Å². The number of aliphatic carboxylic acids is 2. The summed E-state index contributed by atoms with van der Waals surface area (Å²) in [6, 6.07) is 6.28. The number of rotatable bonds is 6. The highest BCUT2D eigenvalue weighted by Gasteiger charge is 2.44. The molecule has 7 nitrogen and oxygen atoms in total. The zero-order valence-electron chi connectivity index (χ0n) is 13.2. The molecule has 0 bridgehead atoms. The molecule has 0 spiro atoms. The van der Waals surface area contributed by atoms with Gasteiger partial charge in [-0.3, -0.25) is 14.4 Å². The first-order valence-electron chi connectivity index (χ1n) is 7.03. The fourth-order valence-corrected chi connectivity index (χ4v) is 2.17. The molecule has 7 heteroatoms. The van der Waals surface area contributed by atoms with E-state index in [9.17, 15) is 19.5 Å². The van der Waals surface area contributed by atoms with E-state index >= 15 is 0 Å². The van der Waals surface area contributed by atoms with Crippen LogP contribution >= 0.6 is 0 Å². The smallest absolute Gasteiger partial charge is 0.321 e. The van der Waals surface area contributed by atoms with Crippen molar-refractivity contribution in [3.63, 3.8) is 0 Å². The zero-order valence-corrected chi connectivity index (χ0v) is 13.2. The van der Waals surface area contributed by atoms with Crippen molar-refractivity contribution in [1.29, 1.82) is 0 Å². The van der Waals surface area contributed by atoms with Crippen molar-refractivity contribution in [2.45, 2.75) is 38.3 Å². The Labute approximate surface area is 134 Å². The number of nitrogens with two attached hydrogens (primary N) is 1. The first kappa shape index (κ1) is 18.6. The molecule has 0 radical (unpaired) electrons. The van der Waals surface area contributed by atoms with Gasteiger partial charge in [-0.05, 0) is 26.3 Å². The Hall–Kier alpha value is -2.41. The Kier molecular flexibility index (Phi) is 5.86. The van der Waals surface area contributed by atoms with Crippen LogP contribution in [0, 0.1) is 5.92 Å². The maximum atomic E-state index is 12.5. The monoisotopic (exact) mass is 323 g/mol. The number of carbonyl (C=O) groups excluding carboxylic acids is 1. The Bertz CT molecular complexity index is 578. The molecule has 0 aliphatic heterocycles. The number of carboxylic acid groups (broad SMARTS) is 2. The molecule has 3 atom stereocenters. The van der Waals surface area contributed by atoms with Gasteiger partial charge in [0.05, 0.1) is 11.8 Å². The topological polar surface area (TPSA) is 127 Å². The molecular weight excluding hydrogens is 302 g/mol. The number of esters is 1. The minimum atomic E-state index is -1.75. The molecule has 0 saturated carbocycles. The quantitative estimate of drug-likeness (QED) is 0.672. The average Bonchev–Trinajstić information content (AvgIpc) is 2.42. The first-order valence-corrected chi connectivity index (χ1v) is 7.03. The van der Waals surface area contributed by atoms with Gasteiger partial charge in [-0.2, -0.15) is 0 Å². The predicted octanol–water partition coefficient (Wildman–Crippen LogP) is 1.22. The first-order chi connectivity index (χ1) is 10.5. The van der Waals surface area contributed by atoms with Gasteiger partial charge in [-0.15, -0.1) is 0 Å². The van der Waals surface area contributed by atoms with E-state index in [-0.39, 0.29) is 0 Å². The molecule has 0 heterocycles. The molecule has 3 unspecified atom stereocenters. The van der Waals surface area contributed by atoms with Crippen molar-refractivity contribution in [2.24, 2.45) is 11.7 Å². The lowest BCUT2D eigenvalue weighted by molar-refractivity contribution is -0.164. The number of hydrogen-bond acceptors (Lipinski definition) is 5. The molecule has 126 valence electrons. The van der Waals surface area contributed by atoms with E-state index in [4.69, 9.17) is 15.6 Å². The van der Waals surface area contributed by atoms with Gasteiger partial charge in [-0.1, -0.05) is 30.3 Å². The summed E-state index contributed by atoms with van der Waals surface area (Å²) in [6.45, 7) is 4.92. The lowest BCUT2D eigenvalue weighted by Crippen LogP contribution is -2.47. The van der Waals surface area contributed by atoms with Gasteiger partial charge >= 0.3 is 17.9 Å². The van der Waals surface area contributed by atoms with Gasteiger partial charge in [0.15, 0.2) is 0 Å². The molecule has 0 aliphatic carbocycles. The van der Waals surface area contributed by atoms with Crippen LogP contribution < -0.4 is 5.73 Å². The van der Waals surface area contributed by atoms with E-state index in [0.29, 0.717) is 5.56 Å². The van der Waals surface area contributed by atoms with Crippen molar-refractivity contribution in [3.8, 4) is 0 Å². The van der Waals surface area contributed by atoms with Crippen LogP contribution in [0.2, 0.25) is 0 Å². The van der Waals surface area contributed by atoms with Crippen LogP contribution in [0.5, 0.6) is 0 Å². The summed E-state index contributed by atoms with van der Waals surface area (Å²) in [7, 11) is 0. The lowest BCUT2D eigenvalue weighted by atomic mass is 9.81. The fraction of sp³-hybridized carbons (Fsp3) is 0.438. The van der Waals surface area contributed by atoms with Crippen molar-refractivity contribution >= 4 is 17.9 Å². The number of benzene rings is 1. The fourth-order valence-electron chi connectivity index (χ4n) is 2.17. The van der Waals surface area contributed by atoms with E-state index in [1.807, 2.05) is 0 Å². The average molecular weight is 323 g/mol. The molecule has 1 aromatic carbocycles. The van der Waals surface area contributed by atoms with Crippen LogP contribution in [-0.2, 0) is 19.1 Å². The van der Waals surface area contributed by atoms with Crippen molar-refractivity contribution < 1.29 is 29.3 Å². The van der Waals surface area contributed by atoms with Gasteiger partial charge in [0.2, 0.25) is 0 Å². The molecule has 0 saturated heterocycles. The van der Waals surface area contributed by atoms with Gasteiger partial charge in [0, 0.05) is 0 Å². The van der Waals surface area contributed by atoms with E-state index in [1.165, 1.54) is 0 Å². The summed E-state index contributed by atoms with van der Waals surface area (Å²) in [5, 5.41) is 18.5. The minimum absolute atomic E-state index is 0.339. The summed E-state index contributed by atoms with van der Waals surface area (Å²) in [5.41, 5.74) is 5.01. The van der Waals surface area contributed by atoms with Crippen LogP contribution in [-0.4, -0.2) is 39.8 Å². The van der Waals surface area contributed by atoms with Crippen LogP contribution in [0.3, 0.4) is 0 Å².